The van der Waals surface area contributed by atoms with Crippen molar-refractivity contribution in [3.05, 3.63) is 24.0 Å². The van der Waals surface area contributed by atoms with Gasteiger partial charge >= 0.3 is 5.97 Å². The average Bonchev–Trinajstić information content (AvgIpc) is 2.82. The number of hydrogen-bond acceptors (Lipinski definition) is 3. The van der Waals surface area contributed by atoms with Gasteiger partial charge in [-0.05, 0) is 18.6 Å². The van der Waals surface area contributed by atoms with Crippen LogP contribution in [0.5, 0.6) is 0 Å². The quantitative estimate of drug-likeness (QED) is 0.638. The van der Waals surface area contributed by atoms with Gasteiger partial charge in [-0.2, -0.15) is 0 Å². The number of aromatic nitrogens is 1. The number of hydrogen-bond donors (Lipinski definition) is 3. The first-order valence-corrected chi connectivity index (χ1v) is 5.96. The van der Waals surface area contributed by atoms with Crippen LogP contribution in [0, 0.1) is 0 Å². The van der Waals surface area contributed by atoms with Crippen LogP contribution in [-0.4, -0.2) is 40.5 Å². The van der Waals surface area contributed by atoms with Gasteiger partial charge in [0.25, 0.3) is 5.91 Å². The molecule has 3 N–H and O–H groups in total. The van der Waals surface area contributed by atoms with Crippen molar-refractivity contribution in [2.45, 2.75) is 19.9 Å². The van der Waals surface area contributed by atoms with Crippen molar-refractivity contribution in [3.63, 3.8) is 0 Å². The molecule has 0 radical (unpaired) electrons. The fourth-order valence-corrected chi connectivity index (χ4v) is 1.54. The summed E-state index contributed by atoms with van der Waals surface area (Å²) in [4.78, 5) is 33.3. The molecule has 0 fully saturated rings. The predicted octanol–water partition coefficient (Wildman–Crippen LogP) is -0.171. The standard InChI is InChI=1S/C12H17N3O4/c1-2-5-15-6-3-4-9(15)12(19)14-7-10(16)13-8-11(17)18/h3-4,6H,2,5,7-8H2,1H3,(H,13,16)(H,14,19)(H,17,18). The van der Waals surface area contributed by atoms with Gasteiger partial charge in [-0.3, -0.25) is 14.4 Å². The van der Waals surface area contributed by atoms with Crippen LogP contribution in [0.3, 0.4) is 0 Å². The van der Waals surface area contributed by atoms with Crippen LogP contribution < -0.4 is 10.6 Å². The Morgan fingerprint density at radius 3 is 2.63 bits per heavy atom. The Bertz CT molecular complexity index is 467. The molecule has 0 spiro atoms. The summed E-state index contributed by atoms with van der Waals surface area (Å²) >= 11 is 0. The van der Waals surface area contributed by atoms with E-state index in [9.17, 15) is 14.4 Å². The van der Waals surface area contributed by atoms with Crippen molar-refractivity contribution >= 4 is 17.8 Å². The number of rotatable bonds is 7. The van der Waals surface area contributed by atoms with E-state index < -0.39 is 18.4 Å². The Morgan fingerprint density at radius 2 is 2.00 bits per heavy atom. The second-order valence-electron chi connectivity index (χ2n) is 3.94. The maximum absolute atomic E-state index is 11.8. The van der Waals surface area contributed by atoms with Gasteiger partial charge in [-0.1, -0.05) is 6.92 Å². The van der Waals surface area contributed by atoms with Gasteiger partial charge in [0.1, 0.15) is 12.2 Å². The minimum Gasteiger partial charge on any atom is -0.480 e. The number of carboxylic acids is 1. The minimum atomic E-state index is -1.13. The molecule has 104 valence electrons. The Hall–Kier alpha value is -2.31. The van der Waals surface area contributed by atoms with E-state index in [0.717, 1.165) is 13.0 Å². The van der Waals surface area contributed by atoms with Gasteiger partial charge in [0.2, 0.25) is 5.91 Å². The predicted molar refractivity (Wildman–Crippen MR) is 67.7 cm³/mol. The molecule has 0 saturated heterocycles. The molecule has 0 aliphatic heterocycles. The minimum absolute atomic E-state index is 0.247. The summed E-state index contributed by atoms with van der Waals surface area (Å²) in [5.74, 6) is -2.02. The molecule has 2 amide bonds. The first kappa shape index (κ1) is 14.7. The van der Waals surface area contributed by atoms with Crippen LogP contribution in [0.2, 0.25) is 0 Å². The van der Waals surface area contributed by atoms with E-state index >= 15 is 0 Å². The zero-order chi connectivity index (χ0) is 14.3. The molecule has 0 atom stereocenters. The molecule has 1 aromatic rings. The fourth-order valence-electron chi connectivity index (χ4n) is 1.54. The summed E-state index contributed by atoms with van der Waals surface area (Å²) in [6.45, 7) is 2.02. The van der Waals surface area contributed by atoms with Crippen molar-refractivity contribution < 1.29 is 19.5 Å². The third-order valence-electron chi connectivity index (χ3n) is 2.37. The largest absolute Gasteiger partial charge is 0.480 e. The van der Waals surface area contributed by atoms with Gasteiger partial charge in [0.15, 0.2) is 0 Å². The fraction of sp³-hybridized carbons (Fsp3) is 0.417. The lowest BCUT2D eigenvalue weighted by atomic mass is 10.3. The highest BCUT2D eigenvalue weighted by Crippen LogP contribution is 2.03. The van der Waals surface area contributed by atoms with Crippen LogP contribution in [0.4, 0.5) is 0 Å². The van der Waals surface area contributed by atoms with E-state index in [2.05, 4.69) is 10.6 Å². The second-order valence-corrected chi connectivity index (χ2v) is 3.94. The molecular formula is C12H17N3O4. The Labute approximate surface area is 110 Å². The van der Waals surface area contributed by atoms with Crippen molar-refractivity contribution in [2.75, 3.05) is 13.1 Å². The monoisotopic (exact) mass is 267 g/mol. The van der Waals surface area contributed by atoms with Crippen molar-refractivity contribution in [1.82, 2.24) is 15.2 Å². The average molecular weight is 267 g/mol. The molecule has 7 heteroatoms. The van der Waals surface area contributed by atoms with Crippen LogP contribution in [-0.2, 0) is 16.1 Å². The number of aryl methyl sites for hydroxylation is 1. The number of aliphatic carboxylic acids is 1. The lowest BCUT2D eigenvalue weighted by molar-refractivity contribution is -0.137. The van der Waals surface area contributed by atoms with E-state index in [-0.39, 0.29) is 12.5 Å². The molecule has 1 aromatic heterocycles. The maximum Gasteiger partial charge on any atom is 0.322 e. The summed E-state index contributed by atoms with van der Waals surface area (Å²) in [5.41, 5.74) is 0.480. The van der Waals surface area contributed by atoms with Crippen LogP contribution in [0.25, 0.3) is 0 Å². The van der Waals surface area contributed by atoms with Gasteiger partial charge < -0.3 is 20.3 Å². The van der Waals surface area contributed by atoms with Gasteiger partial charge in [0, 0.05) is 12.7 Å². The number of amides is 2. The lowest BCUT2D eigenvalue weighted by Gasteiger charge is -2.08. The lowest BCUT2D eigenvalue weighted by Crippen LogP contribution is -2.39. The third kappa shape index (κ3) is 4.82. The normalized spacial score (nSPS) is 9.95. The number of carbonyl (C=O) groups excluding carboxylic acids is 2. The van der Waals surface area contributed by atoms with Crippen molar-refractivity contribution in [3.8, 4) is 0 Å². The summed E-state index contributed by atoms with van der Waals surface area (Å²) in [5, 5.41) is 13.0. The highest BCUT2D eigenvalue weighted by molar-refractivity contribution is 5.95. The highest BCUT2D eigenvalue weighted by atomic mass is 16.4. The first-order valence-electron chi connectivity index (χ1n) is 5.96. The smallest absolute Gasteiger partial charge is 0.322 e. The molecule has 0 unspecified atom stereocenters. The van der Waals surface area contributed by atoms with Crippen LogP contribution in [0.15, 0.2) is 18.3 Å². The molecule has 1 heterocycles. The van der Waals surface area contributed by atoms with E-state index in [1.807, 2.05) is 6.92 Å². The van der Waals surface area contributed by atoms with Crippen LogP contribution in [0.1, 0.15) is 23.8 Å². The number of nitrogens with one attached hydrogen (secondary N) is 2. The van der Waals surface area contributed by atoms with E-state index in [0.29, 0.717) is 5.69 Å². The summed E-state index contributed by atoms with van der Waals surface area (Å²) in [6.07, 6.45) is 2.69. The number of nitrogens with zero attached hydrogens (tertiary/aromatic N) is 1. The van der Waals surface area contributed by atoms with E-state index in [4.69, 9.17) is 5.11 Å². The molecule has 19 heavy (non-hydrogen) atoms. The highest BCUT2D eigenvalue weighted by Gasteiger charge is 2.11. The molecule has 0 aliphatic rings. The first-order chi connectivity index (χ1) is 9.04. The third-order valence-corrected chi connectivity index (χ3v) is 2.37. The van der Waals surface area contributed by atoms with Crippen LogP contribution >= 0.6 is 0 Å². The molecular weight excluding hydrogens is 250 g/mol. The van der Waals surface area contributed by atoms with Crippen molar-refractivity contribution in [1.29, 1.82) is 0 Å². The second kappa shape index (κ2) is 7.20. The summed E-state index contributed by atoms with van der Waals surface area (Å²) in [6, 6.07) is 3.43. The Kier molecular flexibility index (Phi) is 5.59. The molecule has 1 rings (SSSR count). The Balaban J connectivity index is 2.44. The summed E-state index contributed by atoms with van der Waals surface area (Å²) in [7, 11) is 0. The number of carboxylic acid groups (broad SMARTS) is 1. The Morgan fingerprint density at radius 1 is 1.26 bits per heavy atom. The van der Waals surface area contributed by atoms with Gasteiger partial charge in [0.05, 0.1) is 6.54 Å². The molecule has 0 bridgehead atoms. The maximum atomic E-state index is 11.8. The molecule has 0 saturated carbocycles. The molecule has 0 aromatic carbocycles. The molecule has 7 nitrogen and oxygen atoms in total. The van der Waals surface area contributed by atoms with E-state index in [1.165, 1.54) is 0 Å². The molecule has 0 aliphatic carbocycles. The zero-order valence-corrected chi connectivity index (χ0v) is 10.7. The van der Waals surface area contributed by atoms with Gasteiger partial charge in [-0.15, -0.1) is 0 Å². The van der Waals surface area contributed by atoms with Crippen molar-refractivity contribution in [2.24, 2.45) is 0 Å². The zero-order valence-electron chi connectivity index (χ0n) is 10.7. The SMILES string of the molecule is CCCn1cccc1C(=O)NCC(=O)NCC(=O)O. The van der Waals surface area contributed by atoms with Gasteiger partial charge in [-0.25, -0.2) is 0 Å². The number of carbonyl (C=O) groups is 3. The summed E-state index contributed by atoms with van der Waals surface area (Å²) < 4.78 is 1.80. The van der Waals surface area contributed by atoms with E-state index in [1.54, 1.807) is 22.9 Å². The topological polar surface area (TPSA) is 100 Å².